The summed E-state index contributed by atoms with van der Waals surface area (Å²) in [6.45, 7) is 2.81. The van der Waals surface area contributed by atoms with Crippen LogP contribution in [0.25, 0.3) is 0 Å². The van der Waals surface area contributed by atoms with E-state index in [1.165, 1.54) is 0 Å². The second kappa shape index (κ2) is 6.24. The lowest BCUT2D eigenvalue weighted by Gasteiger charge is -2.24. The zero-order valence-electron chi connectivity index (χ0n) is 13.9. The molecule has 0 saturated carbocycles. The summed E-state index contributed by atoms with van der Waals surface area (Å²) >= 11 is 0. The molecule has 2 fully saturated rings. The Morgan fingerprint density at radius 2 is 2.04 bits per heavy atom. The van der Waals surface area contributed by atoms with Crippen LogP contribution >= 0.6 is 0 Å². The number of likely N-dealkylation sites (tertiary alicyclic amines) is 1. The summed E-state index contributed by atoms with van der Waals surface area (Å²) in [5.41, 5.74) is 1.75. The van der Waals surface area contributed by atoms with Crippen LogP contribution in [-0.2, 0) is 0 Å². The zero-order valence-corrected chi connectivity index (χ0v) is 13.9. The zero-order chi connectivity index (χ0) is 16.5. The summed E-state index contributed by atoms with van der Waals surface area (Å²) in [4.78, 5) is 21.3. The van der Waals surface area contributed by atoms with Crippen molar-refractivity contribution in [2.24, 2.45) is 5.92 Å². The minimum Gasteiger partial charge on any atom is -0.334 e. The quantitative estimate of drug-likeness (QED) is 0.942. The van der Waals surface area contributed by atoms with Crippen molar-refractivity contribution in [2.45, 2.75) is 12.5 Å². The van der Waals surface area contributed by atoms with Crippen molar-refractivity contribution < 1.29 is 4.79 Å². The molecule has 2 atom stereocenters. The first-order valence-corrected chi connectivity index (χ1v) is 8.50. The fourth-order valence-electron chi connectivity index (χ4n) is 3.76. The van der Waals surface area contributed by atoms with Crippen molar-refractivity contribution in [2.75, 3.05) is 31.6 Å². The van der Waals surface area contributed by atoms with Crippen LogP contribution in [0.3, 0.4) is 0 Å². The van der Waals surface area contributed by atoms with Crippen molar-refractivity contribution in [3.05, 3.63) is 54.2 Å². The molecule has 5 heteroatoms. The van der Waals surface area contributed by atoms with Gasteiger partial charge in [0.25, 0.3) is 5.91 Å². The summed E-state index contributed by atoms with van der Waals surface area (Å²) in [6.07, 6.45) is 2.80. The van der Waals surface area contributed by atoms with E-state index < -0.39 is 0 Å². The van der Waals surface area contributed by atoms with Gasteiger partial charge in [-0.1, -0.05) is 18.2 Å². The maximum absolute atomic E-state index is 12.8. The van der Waals surface area contributed by atoms with Crippen LogP contribution in [0.1, 0.15) is 16.8 Å². The Morgan fingerprint density at radius 1 is 1.21 bits per heavy atom. The van der Waals surface area contributed by atoms with Crippen molar-refractivity contribution in [1.29, 1.82) is 0 Å². The molecule has 0 aliphatic carbocycles. The summed E-state index contributed by atoms with van der Waals surface area (Å²) < 4.78 is 0. The van der Waals surface area contributed by atoms with Crippen molar-refractivity contribution >= 4 is 17.4 Å². The number of nitrogens with one attached hydrogen (secondary N) is 1. The second-order valence-corrected chi connectivity index (χ2v) is 6.57. The number of nitrogens with zero attached hydrogens (tertiary/aromatic N) is 3. The summed E-state index contributed by atoms with van der Waals surface area (Å²) in [5.74, 6) is 1.55. The van der Waals surface area contributed by atoms with E-state index in [1.54, 1.807) is 6.20 Å². The molecule has 3 heterocycles. The average Bonchev–Trinajstić information content (AvgIpc) is 3.25. The van der Waals surface area contributed by atoms with Gasteiger partial charge in [-0.3, -0.25) is 4.79 Å². The number of carbonyl (C=O) groups is 1. The smallest absolute Gasteiger partial charge is 0.255 e. The monoisotopic (exact) mass is 322 g/mol. The first-order valence-electron chi connectivity index (χ1n) is 8.50. The molecular weight excluding hydrogens is 300 g/mol. The topological polar surface area (TPSA) is 48.5 Å². The minimum atomic E-state index is 0.104. The third-order valence-electron chi connectivity index (χ3n) is 5.19. The Hall–Kier alpha value is -2.40. The summed E-state index contributed by atoms with van der Waals surface area (Å²) in [5, 5.41) is 3.39. The maximum atomic E-state index is 12.8. The van der Waals surface area contributed by atoms with Gasteiger partial charge in [0.2, 0.25) is 0 Å². The van der Waals surface area contributed by atoms with E-state index in [9.17, 15) is 4.79 Å². The molecule has 1 amide bonds. The molecule has 4 rings (SSSR count). The minimum absolute atomic E-state index is 0.104. The SMILES string of the molecule is CN(c1ccccc1)c1ccc(C(=O)N2CC[C@@H]3CNC[C@@H]32)cn1. The molecule has 1 N–H and O–H groups in total. The number of hydrogen-bond acceptors (Lipinski definition) is 4. The van der Waals surface area contributed by atoms with Gasteiger partial charge in [-0.05, 0) is 36.6 Å². The molecule has 1 aromatic carbocycles. The van der Waals surface area contributed by atoms with Crippen LogP contribution < -0.4 is 10.2 Å². The van der Waals surface area contributed by atoms with Gasteiger partial charge < -0.3 is 15.1 Å². The molecule has 0 radical (unpaired) electrons. The van der Waals surface area contributed by atoms with Gasteiger partial charge in [-0.25, -0.2) is 4.98 Å². The van der Waals surface area contributed by atoms with Gasteiger partial charge in [-0.15, -0.1) is 0 Å². The Morgan fingerprint density at radius 3 is 2.79 bits per heavy atom. The maximum Gasteiger partial charge on any atom is 0.255 e. The molecular formula is C19H22N4O. The highest BCUT2D eigenvalue weighted by Crippen LogP contribution is 2.29. The Kier molecular flexibility index (Phi) is 3.94. The predicted molar refractivity (Wildman–Crippen MR) is 94.5 cm³/mol. The molecule has 24 heavy (non-hydrogen) atoms. The molecule has 2 aliphatic heterocycles. The molecule has 0 unspecified atom stereocenters. The highest BCUT2D eigenvalue weighted by Gasteiger charge is 2.40. The van der Waals surface area contributed by atoms with E-state index >= 15 is 0 Å². The van der Waals surface area contributed by atoms with Crippen LogP contribution in [0.2, 0.25) is 0 Å². The number of pyridine rings is 1. The fourth-order valence-corrected chi connectivity index (χ4v) is 3.76. The number of para-hydroxylation sites is 1. The van der Waals surface area contributed by atoms with E-state index in [0.717, 1.165) is 37.6 Å². The number of carbonyl (C=O) groups excluding carboxylic acids is 1. The molecule has 2 saturated heterocycles. The molecule has 1 aromatic heterocycles. The van der Waals surface area contributed by atoms with Gasteiger partial charge in [0.05, 0.1) is 5.56 Å². The van der Waals surface area contributed by atoms with Crippen molar-refractivity contribution in [3.63, 3.8) is 0 Å². The average molecular weight is 322 g/mol. The highest BCUT2D eigenvalue weighted by molar-refractivity contribution is 5.94. The van der Waals surface area contributed by atoms with Gasteiger partial charge in [0.1, 0.15) is 5.82 Å². The number of hydrogen-bond donors (Lipinski definition) is 1. The molecule has 2 aliphatic rings. The number of aromatic nitrogens is 1. The number of fused-ring (bicyclic) bond motifs is 1. The van der Waals surface area contributed by atoms with Gasteiger partial charge in [-0.2, -0.15) is 0 Å². The Balaban J connectivity index is 1.50. The normalized spacial score (nSPS) is 22.5. The van der Waals surface area contributed by atoms with Crippen LogP contribution in [0.5, 0.6) is 0 Å². The number of anilines is 2. The van der Waals surface area contributed by atoms with Crippen molar-refractivity contribution in [1.82, 2.24) is 15.2 Å². The van der Waals surface area contributed by atoms with Crippen molar-refractivity contribution in [3.8, 4) is 0 Å². The number of rotatable bonds is 3. The predicted octanol–water partition coefficient (Wildman–Crippen LogP) is 2.28. The fraction of sp³-hybridized carbons (Fsp3) is 0.368. The van der Waals surface area contributed by atoms with Gasteiger partial charge in [0.15, 0.2) is 0 Å². The van der Waals surface area contributed by atoms with Crippen LogP contribution in [0.15, 0.2) is 48.7 Å². The van der Waals surface area contributed by atoms with Crippen LogP contribution in [0, 0.1) is 5.92 Å². The van der Waals surface area contributed by atoms with E-state index in [1.807, 2.05) is 59.3 Å². The van der Waals surface area contributed by atoms with Gasteiger partial charge >= 0.3 is 0 Å². The standard InChI is InChI=1S/C19H22N4O/c1-22(16-5-3-2-4-6-16)18-8-7-15(12-21-18)19(24)23-10-9-14-11-20-13-17(14)23/h2-8,12,14,17,20H,9-11,13H2,1H3/t14-,17+/m1/s1. The third-order valence-corrected chi connectivity index (χ3v) is 5.19. The molecule has 124 valence electrons. The Labute approximate surface area is 142 Å². The van der Waals surface area contributed by atoms with Crippen LogP contribution in [-0.4, -0.2) is 48.5 Å². The first-order chi connectivity index (χ1) is 11.7. The molecule has 0 spiro atoms. The van der Waals surface area contributed by atoms with Crippen LogP contribution in [0.4, 0.5) is 11.5 Å². The van der Waals surface area contributed by atoms with E-state index in [4.69, 9.17) is 0 Å². The summed E-state index contributed by atoms with van der Waals surface area (Å²) in [7, 11) is 1.98. The largest absolute Gasteiger partial charge is 0.334 e. The lowest BCUT2D eigenvalue weighted by atomic mass is 10.0. The van der Waals surface area contributed by atoms with Gasteiger partial charge in [0, 0.05) is 44.6 Å². The molecule has 5 nitrogen and oxygen atoms in total. The third kappa shape index (κ3) is 2.65. The Bertz CT molecular complexity index is 716. The highest BCUT2D eigenvalue weighted by atomic mass is 16.2. The van der Waals surface area contributed by atoms with E-state index in [0.29, 0.717) is 17.5 Å². The number of amides is 1. The first kappa shape index (κ1) is 15.1. The lowest BCUT2D eigenvalue weighted by Crippen LogP contribution is -2.39. The summed E-state index contributed by atoms with van der Waals surface area (Å²) in [6, 6.07) is 14.2. The second-order valence-electron chi connectivity index (χ2n) is 6.57. The van der Waals surface area contributed by atoms with E-state index in [-0.39, 0.29) is 5.91 Å². The molecule has 2 aromatic rings. The van der Waals surface area contributed by atoms with E-state index in [2.05, 4.69) is 10.3 Å². The lowest BCUT2D eigenvalue weighted by molar-refractivity contribution is 0.0736. The number of benzene rings is 1. The molecule has 0 bridgehead atoms.